The molecule has 40 heavy (non-hydrogen) atoms. The van der Waals surface area contributed by atoms with Crippen molar-refractivity contribution in [2.24, 2.45) is 0 Å². The zero-order valence-corrected chi connectivity index (χ0v) is 22.5. The second-order valence-electron chi connectivity index (χ2n) is 10.9. The monoisotopic (exact) mass is 541 g/mol. The van der Waals surface area contributed by atoms with Crippen LogP contribution in [-0.4, -0.2) is 97.5 Å². The molecule has 2 saturated heterocycles. The predicted octanol–water partition coefficient (Wildman–Crippen LogP) is 2.22. The summed E-state index contributed by atoms with van der Waals surface area (Å²) in [5.41, 5.74) is 3.68. The zero-order valence-electron chi connectivity index (χ0n) is 22.5. The number of fused-ring (bicyclic) bond motifs is 1. The van der Waals surface area contributed by atoms with Gasteiger partial charge in [-0.1, -0.05) is 24.3 Å². The molecular weight excluding hydrogens is 506 g/mol. The van der Waals surface area contributed by atoms with Crippen LogP contribution in [-0.2, 0) is 13.0 Å². The Kier molecular flexibility index (Phi) is 7.70. The first-order chi connectivity index (χ1) is 19.5. The summed E-state index contributed by atoms with van der Waals surface area (Å²) in [7, 11) is 0. The second kappa shape index (κ2) is 11.7. The van der Waals surface area contributed by atoms with Gasteiger partial charge in [0, 0.05) is 75.4 Å². The topological polar surface area (TPSA) is 115 Å². The molecule has 2 N–H and O–H groups in total. The molecule has 0 bridgehead atoms. The smallest absolute Gasteiger partial charge is 0.272 e. The molecule has 0 saturated carbocycles. The molecular formula is C30H35N7O3. The molecule has 0 aliphatic carbocycles. The summed E-state index contributed by atoms with van der Waals surface area (Å²) >= 11 is 0. The predicted molar refractivity (Wildman–Crippen MR) is 150 cm³/mol. The molecule has 3 aliphatic rings. The summed E-state index contributed by atoms with van der Waals surface area (Å²) in [6.07, 6.45) is 7.34. The Morgan fingerprint density at radius 2 is 1.62 bits per heavy atom. The molecule has 0 radical (unpaired) electrons. The summed E-state index contributed by atoms with van der Waals surface area (Å²) in [6.45, 7) is 3.91. The van der Waals surface area contributed by atoms with Crippen LogP contribution in [0.2, 0.25) is 0 Å². The van der Waals surface area contributed by atoms with Crippen LogP contribution < -0.4 is 5.32 Å². The zero-order chi connectivity index (χ0) is 27.5. The highest BCUT2D eigenvalue weighted by Gasteiger charge is 2.36. The number of likely N-dealkylation sites (tertiary alicyclic amines) is 2. The first kappa shape index (κ1) is 26.3. The maximum Gasteiger partial charge on any atom is 0.272 e. The van der Waals surface area contributed by atoms with Crippen LogP contribution in [0.5, 0.6) is 0 Å². The number of benzene rings is 1. The number of β-amino-alcohol motifs (C(OH)–C–C–N with tert-alkyl or cyclic N) is 1. The van der Waals surface area contributed by atoms with Gasteiger partial charge in [-0.05, 0) is 48.9 Å². The first-order valence-electron chi connectivity index (χ1n) is 14.1. The van der Waals surface area contributed by atoms with Crippen molar-refractivity contribution in [3.8, 4) is 0 Å². The molecule has 6 rings (SSSR count). The van der Waals surface area contributed by atoms with Gasteiger partial charge in [-0.3, -0.25) is 19.5 Å². The van der Waals surface area contributed by atoms with Gasteiger partial charge in [0.25, 0.3) is 11.8 Å². The lowest BCUT2D eigenvalue weighted by molar-refractivity contribution is -0.0139. The van der Waals surface area contributed by atoms with E-state index in [-0.39, 0.29) is 23.9 Å². The number of piperidine rings is 2. The summed E-state index contributed by atoms with van der Waals surface area (Å²) in [6, 6.07) is 13.8. The van der Waals surface area contributed by atoms with Crippen molar-refractivity contribution in [1.82, 2.24) is 29.7 Å². The van der Waals surface area contributed by atoms with Crippen LogP contribution in [0, 0.1) is 0 Å². The van der Waals surface area contributed by atoms with E-state index in [0.717, 1.165) is 38.8 Å². The first-order valence-corrected chi connectivity index (χ1v) is 14.1. The Labute approximate surface area is 234 Å². The quantitative estimate of drug-likeness (QED) is 0.506. The maximum atomic E-state index is 13.3. The van der Waals surface area contributed by atoms with Crippen LogP contribution in [0.4, 0.5) is 5.82 Å². The number of aromatic nitrogens is 3. The summed E-state index contributed by atoms with van der Waals surface area (Å²) in [4.78, 5) is 44.5. The number of rotatable bonds is 5. The Balaban J connectivity index is 1.02. The van der Waals surface area contributed by atoms with Gasteiger partial charge in [0.1, 0.15) is 17.8 Å². The minimum Gasteiger partial charge on any atom is -0.390 e. The molecule has 10 nitrogen and oxygen atoms in total. The van der Waals surface area contributed by atoms with Gasteiger partial charge >= 0.3 is 0 Å². The van der Waals surface area contributed by atoms with E-state index in [9.17, 15) is 14.7 Å². The molecule has 1 aromatic carbocycles. The molecule has 10 heteroatoms. The van der Waals surface area contributed by atoms with Gasteiger partial charge in [0.2, 0.25) is 0 Å². The van der Waals surface area contributed by atoms with E-state index in [1.165, 1.54) is 17.5 Å². The Bertz CT molecular complexity index is 1350. The van der Waals surface area contributed by atoms with Gasteiger partial charge in [0.15, 0.2) is 0 Å². The number of pyridine rings is 1. The van der Waals surface area contributed by atoms with Gasteiger partial charge < -0.3 is 20.2 Å². The lowest BCUT2D eigenvalue weighted by atomic mass is 9.94. The number of hydrogen-bond donors (Lipinski definition) is 2. The maximum absolute atomic E-state index is 13.3. The summed E-state index contributed by atoms with van der Waals surface area (Å²) in [5, 5.41) is 14.4. The highest BCUT2D eigenvalue weighted by Crippen LogP contribution is 2.26. The molecule has 2 aromatic heterocycles. The molecule has 0 spiro atoms. The molecule has 208 valence electrons. The number of anilines is 1. The van der Waals surface area contributed by atoms with Crippen molar-refractivity contribution in [3.63, 3.8) is 0 Å². The van der Waals surface area contributed by atoms with Gasteiger partial charge in [-0.25, -0.2) is 9.97 Å². The van der Waals surface area contributed by atoms with Gasteiger partial charge in [-0.2, -0.15) is 0 Å². The van der Waals surface area contributed by atoms with E-state index >= 15 is 0 Å². The van der Waals surface area contributed by atoms with Crippen molar-refractivity contribution in [2.45, 2.75) is 50.4 Å². The second-order valence-corrected chi connectivity index (χ2v) is 10.9. The standard InChI is InChI=1S/C30H35N7O3/c38-27-19-37(16-10-26(27)36-13-7-21-3-1-2-4-23(21)18-36)30(40)25-17-28(33-20-32-25)34-24-8-14-35(15-9-24)29(39)22-5-11-31-12-6-22/h1-6,11-12,17,20,24,26-27,38H,7-10,13-16,18-19H2,(H,32,33,34)/t26-,27-/m1/s1. The molecule has 5 heterocycles. The number of hydrogen-bond acceptors (Lipinski definition) is 8. The number of aliphatic hydroxyl groups excluding tert-OH is 1. The fourth-order valence-electron chi connectivity index (χ4n) is 6.16. The minimum atomic E-state index is -0.609. The average Bonchev–Trinajstić information content (AvgIpc) is 3.01. The number of nitrogens with one attached hydrogen (secondary N) is 1. The SMILES string of the molecule is O=C(c1ccncc1)N1CCC(Nc2cc(C(=O)N3CC[C@@H](N4CCc5ccccc5C4)[C@H](O)C3)ncn2)CC1. The number of aliphatic hydroxyl groups is 1. The Morgan fingerprint density at radius 3 is 2.40 bits per heavy atom. The van der Waals surface area contributed by atoms with Crippen LogP contribution in [0.25, 0.3) is 0 Å². The number of amides is 2. The van der Waals surface area contributed by atoms with Crippen molar-refractivity contribution in [1.29, 1.82) is 0 Å². The van der Waals surface area contributed by atoms with E-state index in [1.54, 1.807) is 35.5 Å². The van der Waals surface area contributed by atoms with Crippen molar-refractivity contribution < 1.29 is 14.7 Å². The van der Waals surface area contributed by atoms with Crippen LogP contribution in [0.3, 0.4) is 0 Å². The highest BCUT2D eigenvalue weighted by atomic mass is 16.3. The van der Waals surface area contributed by atoms with Crippen molar-refractivity contribution >= 4 is 17.6 Å². The normalized spacial score (nSPS) is 22.0. The van der Waals surface area contributed by atoms with Crippen molar-refractivity contribution in [2.75, 3.05) is 38.0 Å². The number of carbonyl (C=O) groups excluding carboxylic acids is 2. The van der Waals surface area contributed by atoms with Gasteiger partial charge in [-0.15, -0.1) is 0 Å². The largest absolute Gasteiger partial charge is 0.390 e. The molecule has 2 atom stereocenters. The van der Waals surface area contributed by atoms with E-state index in [0.29, 0.717) is 43.3 Å². The number of nitrogens with zero attached hydrogens (tertiary/aromatic N) is 6. The molecule has 2 amide bonds. The molecule has 3 aromatic rings. The van der Waals surface area contributed by atoms with Crippen LogP contribution in [0.15, 0.2) is 61.2 Å². The molecule has 3 aliphatic heterocycles. The number of carbonyl (C=O) groups is 2. The third-order valence-corrected chi connectivity index (χ3v) is 8.41. The lowest BCUT2D eigenvalue weighted by Crippen LogP contribution is -2.56. The summed E-state index contributed by atoms with van der Waals surface area (Å²) < 4.78 is 0. The van der Waals surface area contributed by atoms with E-state index < -0.39 is 6.10 Å². The van der Waals surface area contributed by atoms with Crippen LogP contribution in [0.1, 0.15) is 51.2 Å². The Morgan fingerprint density at radius 1 is 0.875 bits per heavy atom. The molecule has 0 unspecified atom stereocenters. The van der Waals surface area contributed by atoms with E-state index in [2.05, 4.69) is 49.4 Å². The Hall–Kier alpha value is -3.89. The van der Waals surface area contributed by atoms with Gasteiger partial charge in [0.05, 0.1) is 6.10 Å². The van der Waals surface area contributed by atoms with E-state index in [4.69, 9.17) is 0 Å². The van der Waals surface area contributed by atoms with Crippen molar-refractivity contribution in [3.05, 3.63) is 83.6 Å². The highest BCUT2D eigenvalue weighted by molar-refractivity contribution is 5.94. The average molecular weight is 542 g/mol. The third kappa shape index (κ3) is 5.68. The van der Waals surface area contributed by atoms with Crippen LogP contribution >= 0.6 is 0 Å². The molecule has 2 fully saturated rings. The summed E-state index contributed by atoms with van der Waals surface area (Å²) in [5.74, 6) is 0.427. The third-order valence-electron chi connectivity index (χ3n) is 8.41. The van der Waals surface area contributed by atoms with E-state index in [1.807, 2.05) is 4.90 Å². The minimum absolute atomic E-state index is 0.0202. The lowest BCUT2D eigenvalue weighted by Gasteiger charge is -2.43. The fraction of sp³-hybridized carbons (Fsp3) is 0.433. The fourth-order valence-corrected chi connectivity index (χ4v) is 6.16.